The Labute approximate surface area is 103 Å². The van der Waals surface area contributed by atoms with Gasteiger partial charge < -0.3 is 4.74 Å². The van der Waals surface area contributed by atoms with Gasteiger partial charge in [-0.2, -0.15) is 0 Å². The first-order chi connectivity index (χ1) is 7.74. The number of ether oxygens (including phenoxy) is 1. The third-order valence-corrected chi connectivity index (χ3v) is 3.49. The van der Waals surface area contributed by atoms with Gasteiger partial charge in [-0.1, -0.05) is 59.6 Å². The van der Waals surface area contributed by atoms with Crippen LogP contribution in [0.25, 0.3) is 0 Å². The van der Waals surface area contributed by atoms with Crippen LogP contribution in [0.1, 0.15) is 31.4 Å². The summed E-state index contributed by atoms with van der Waals surface area (Å²) in [7, 11) is 0. The summed E-state index contributed by atoms with van der Waals surface area (Å²) in [6, 6.07) is 9.77. The van der Waals surface area contributed by atoms with Gasteiger partial charge in [-0.15, -0.1) is 0 Å². The lowest BCUT2D eigenvalue weighted by Crippen LogP contribution is -2.02. The van der Waals surface area contributed by atoms with Gasteiger partial charge in [0.2, 0.25) is 0 Å². The largest absolute Gasteiger partial charge is 0.449 e. The molecule has 0 radical (unpaired) electrons. The van der Waals surface area contributed by atoms with E-state index >= 15 is 0 Å². The summed E-state index contributed by atoms with van der Waals surface area (Å²) in [6.45, 7) is 2.05. The SMILES string of the molecule is CCCC1=C(Br)[C@H](c2ccccc2)OC1=O. The Bertz CT molecular complexity index is 423. The van der Waals surface area contributed by atoms with Gasteiger partial charge in [0, 0.05) is 0 Å². The Kier molecular flexibility index (Phi) is 3.44. The molecule has 0 bridgehead atoms. The maximum absolute atomic E-state index is 11.6. The number of cyclic esters (lactones) is 1. The van der Waals surface area contributed by atoms with E-state index in [9.17, 15) is 4.79 Å². The molecule has 0 amide bonds. The molecule has 1 aromatic carbocycles. The molecule has 1 heterocycles. The lowest BCUT2D eigenvalue weighted by atomic mass is 10.1. The third kappa shape index (κ3) is 2.05. The average Bonchev–Trinajstić information content (AvgIpc) is 2.59. The maximum Gasteiger partial charge on any atom is 0.335 e. The molecule has 0 spiro atoms. The summed E-state index contributed by atoms with van der Waals surface area (Å²) >= 11 is 3.48. The predicted molar refractivity (Wildman–Crippen MR) is 66.1 cm³/mol. The molecular formula is C13H13BrO2. The zero-order valence-corrected chi connectivity index (χ0v) is 10.7. The highest BCUT2D eigenvalue weighted by Crippen LogP contribution is 2.40. The topological polar surface area (TPSA) is 26.3 Å². The van der Waals surface area contributed by atoms with E-state index in [1.165, 1.54) is 0 Å². The van der Waals surface area contributed by atoms with E-state index in [4.69, 9.17) is 4.74 Å². The van der Waals surface area contributed by atoms with Gasteiger partial charge in [0.1, 0.15) is 0 Å². The molecule has 2 nitrogen and oxygen atoms in total. The van der Waals surface area contributed by atoms with Crippen molar-refractivity contribution in [1.82, 2.24) is 0 Å². The van der Waals surface area contributed by atoms with Crippen LogP contribution < -0.4 is 0 Å². The van der Waals surface area contributed by atoms with Crippen molar-refractivity contribution in [1.29, 1.82) is 0 Å². The predicted octanol–water partition coefficient (Wildman–Crippen LogP) is 3.73. The van der Waals surface area contributed by atoms with E-state index in [0.717, 1.165) is 28.5 Å². The van der Waals surface area contributed by atoms with E-state index in [2.05, 4.69) is 22.9 Å². The standard InChI is InChI=1S/C13H13BrO2/c1-2-6-10-11(14)12(16-13(10)15)9-7-4-3-5-8-9/h3-5,7-8,12H,2,6H2,1H3/t12-/m0/s1. The molecule has 1 aliphatic heterocycles. The summed E-state index contributed by atoms with van der Waals surface area (Å²) in [5.74, 6) is -0.192. The number of esters is 1. The molecular weight excluding hydrogens is 268 g/mol. The van der Waals surface area contributed by atoms with Gasteiger partial charge >= 0.3 is 5.97 Å². The molecule has 0 aliphatic carbocycles. The van der Waals surface area contributed by atoms with E-state index < -0.39 is 0 Å². The van der Waals surface area contributed by atoms with Crippen LogP contribution in [0.2, 0.25) is 0 Å². The Hall–Kier alpha value is -1.09. The summed E-state index contributed by atoms with van der Waals surface area (Å²) in [5, 5.41) is 0. The Morgan fingerprint density at radius 2 is 2.00 bits per heavy atom. The minimum atomic E-state index is -0.254. The van der Waals surface area contributed by atoms with Crippen LogP contribution in [-0.2, 0) is 9.53 Å². The first-order valence-corrected chi connectivity index (χ1v) is 6.17. The summed E-state index contributed by atoms with van der Waals surface area (Å²) < 4.78 is 6.25. The third-order valence-electron chi connectivity index (χ3n) is 2.59. The van der Waals surface area contributed by atoms with Crippen LogP contribution in [0, 0.1) is 0 Å². The number of halogens is 1. The number of carbonyl (C=O) groups is 1. The van der Waals surface area contributed by atoms with Crippen LogP contribution in [0.15, 0.2) is 40.4 Å². The number of hydrogen-bond donors (Lipinski definition) is 0. The molecule has 84 valence electrons. The molecule has 1 atom stereocenters. The highest BCUT2D eigenvalue weighted by molar-refractivity contribution is 9.11. The van der Waals surface area contributed by atoms with Crippen molar-refractivity contribution in [3.8, 4) is 0 Å². The Morgan fingerprint density at radius 3 is 2.62 bits per heavy atom. The van der Waals surface area contributed by atoms with Gasteiger partial charge in [-0.05, 0) is 12.0 Å². The van der Waals surface area contributed by atoms with Crippen LogP contribution in [-0.4, -0.2) is 5.97 Å². The van der Waals surface area contributed by atoms with Crippen LogP contribution in [0.5, 0.6) is 0 Å². The first kappa shape index (κ1) is 11.4. The maximum atomic E-state index is 11.6. The molecule has 0 saturated heterocycles. The second-order valence-electron chi connectivity index (χ2n) is 3.77. The van der Waals surface area contributed by atoms with E-state index in [-0.39, 0.29) is 12.1 Å². The smallest absolute Gasteiger partial charge is 0.335 e. The van der Waals surface area contributed by atoms with Gasteiger partial charge in [-0.25, -0.2) is 4.79 Å². The van der Waals surface area contributed by atoms with E-state index in [1.807, 2.05) is 30.3 Å². The van der Waals surface area contributed by atoms with Crippen molar-refractivity contribution in [2.75, 3.05) is 0 Å². The van der Waals surface area contributed by atoms with Gasteiger partial charge in [0.15, 0.2) is 6.10 Å². The molecule has 3 heteroatoms. The highest BCUT2D eigenvalue weighted by atomic mass is 79.9. The molecule has 0 fully saturated rings. The zero-order valence-electron chi connectivity index (χ0n) is 9.07. The normalized spacial score (nSPS) is 20.1. The number of rotatable bonds is 3. The van der Waals surface area contributed by atoms with Gasteiger partial charge in [0.25, 0.3) is 0 Å². The molecule has 2 rings (SSSR count). The fraction of sp³-hybridized carbons (Fsp3) is 0.308. The lowest BCUT2D eigenvalue weighted by molar-refractivity contribution is -0.140. The Balaban J connectivity index is 2.30. The molecule has 0 saturated carbocycles. The van der Waals surface area contributed by atoms with Crippen molar-refractivity contribution >= 4 is 21.9 Å². The minimum Gasteiger partial charge on any atom is -0.449 e. The van der Waals surface area contributed by atoms with Crippen molar-refractivity contribution in [3.63, 3.8) is 0 Å². The van der Waals surface area contributed by atoms with Gasteiger partial charge in [0.05, 0.1) is 10.1 Å². The second-order valence-corrected chi connectivity index (χ2v) is 4.63. The average molecular weight is 281 g/mol. The summed E-state index contributed by atoms with van der Waals surface area (Å²) in [6.07, 6.45) is 1.46. The molecule has 0 N–H and O–H groups in total. The van der Waals surface area contributed by atoms with Crippen LogP contribution >= 0.6 is 15.9 Å². The lowest BCUT2D eigenvalue weighted by Gasteiger charge is -2.10. The summed E-state index contributed by atoms with van der Waals surface area (Å²) in [4.78, 5) is 11.6. The highest BCUT2D eigenvalue weighted by Gasteiger charge is 2.32. The molecule has 1 aromatic rings. The first-order valence-electron chi connectivity index (χ1n) is 5.38. The quantitative estimate of drug-likeness (QED) is 0.789. The van der Waals surface area contributed by atoms with Crippen molar-refractivity contribution in [2.24, 2.45) is 0 Å². The van der Waals surface area contributed by atoms with Crippen molar-refractivity contribution < 1.29 is 9.53 Å². The van der Waals surface area contributed by atoms with Gasteiger partial charge in [-0.3, -0.25) is 0 Å². The Morgan fingerprint density at radius 1 is 1.31 bits per heavy atom. The van der Waals surface area contributed by atoms with Crippen molar-refractivity contribution in [2.45, 2.75) is 25.9 Å². The second kappa shape index (κ2) is 4.83. The molecule has 1 aliphatic rings. The molecule has 0 unspecified atom stereocenters. The number of hydrogen-bond acceptors (Lipinski definition) is 2. The van der Waals surface area contributed by atoms with Crippen LogP contribution in [0.3, 0.4) is 0 Å². The number of benzene rings is 1. The zero-order chi connectivity index (χ0) is 11.5. The fourth-order valence-corrected chi connectivity index (χ4v) is 2.52. The number of carbonyl (C=O) groups excluding carboxylic acids is 1. The van der Waals surface area contributed by atoms with E-state index in [1.54, 1.807) is 0 Å². The summed E-state index contributed by atoms with van der Waals surface area (Å²) in [5.41, 5.74) is 1.78. The fourth-order valence-electron chi connectivity index (χ4n) is 1.80. The molecule has 16 heavy (non-hydrogen) atoms. The van der Waals surface area contributed by atoms with Crippen LogP contribution in [0.4, 0.5) is 0 Å². The van der Waals surface area contributed by atoms with E-state index in [0.29, 0.717) is 0 Å². The molecule has 0 aromatic heterocycles. The monoisotopic (exact) mass is 280 g/mol. The van der Waals surface area contributed by atoms with Crippen molar-refractivity contribution in [3.05, 3.63) is 46.0 Å². The minimum absolute atomic E-state index is 0.192.